The first-order valence-corrected chi connectivity index (χ1v) is 7.64. The number of benzene rings is 1. The van der Waals surface area contributed by atoms with Gasteiger partial charge < -0.3 is 14.8 Å². The zero-order valence-corrected chi connectivity index (χ0v) is 13.4. The topological polar surface area (TPSA) is 30.5 Å². The molecule has 0 saturated carbocycles. The van der Waals surface area contributed by atoms with Gasteiger partial charge in [-0.25, -0.2) is 0 Å². The lowest BCUT2D eigenvalue weighted by Gasteiger charge is -2.19. The minimum absolute atomic E-state index is 0.254. The van der Waals surface area contributed by atoms with E-state index in [1.54, 1.807) is 0 Å². The summed E-state index contributed by atoms with van der Waals surface area (Å²) in [5.41, 5.74) is 3.90. The van der Waals surface area contributed by atoms with Crippen LogP contribution in [0.5, 0.6) is 0 Å². The number of likely N-dealkylation sites (N-methyl/N-ethyl adjacent to an activating group) is 1. The van der Waals surface area contributed by atoms with Gasteiger partial charge in [-0.2, -0.15) is 0 Å². The van der Waals surface area contributed by atoms with Gasteiger partial charge in [0, 0.05) is 6.61 Å². The van der Waals surface area contributed by atoms with E-state index in [2.05, 4.69) is 51.2 Å². The maximum absolute atomic E-state index is 5.74. The highest BCUT2D eigenvalue weighted by atomic mass is 16.5. The van der Waals surface area contributed by atoms with Crippen molar-refractivity contribution in [2.75, 3.05) is 33.0 Å². The average Bonchev–Trinajstić information content (AvgIpc) is 2.40. The summed E-state index contributed by atoms with van der Waals surface area (Å²) in [4.78, 5) is 0. The van der Waals surface area contributed by atoms with E-state index in [1.165, 1.54) is 16.7 Å². The van der Waals surface area contributed by atoms with Crippen LogP contribution in [0.2, 0.25) is 0 Å². The summed E-state index contributed by atoms with van der Waals surface area (Å²) < 4.78 is 11.2. The van der Waals surface area contributed by atoms with Gasteiger partial charge in [-0.3, -0.25) is 0 Å². The molecule has 0 saturated heterocycles. The summed E-state index contributed by atoms with van der Waals surface area (Å²) in [6.45, 7) is 12.3. The standard InChI is InChI=1S/C17H29NO2/c1-5-7-19-8-9-20-13-17(18-6-2)16-11-14(3)10-15(4)12-16/h10-12,17-18H,5-9,13H2,1-4H3. The van der Waals surface area contributed by atoms with E-state index in [-0.39, 0.29) is 6.04 Å². The third-order valence-corrected chi connectivity index (χ3v) is 3.10. The van der Waals surface area contributed by atoms with Crippen LogP contribution in [-0.2, 0) is 9.47 Å². The fourth-order valence-electron chi connectivity index (χ4n) is 2.30. The van der Waals surface area contributed by atoms with E-state index in [0.717, 1.165) is 19.6 Å². The van der Waals surface area contributed by atoms with Crippen LogP contribution < -0.4 is 5.32 Å². The molecule has 114 valence electrons. The van der Waals surface area contributed by atoms with Crippen molar-refractivity contribution in [3.05, 3.63) is 34.9 Å². The lowest BCUT2D eigenvalue weighted by atomic mass is 10.0. The van der Waals surface area contributed by atoms with Gasteiger partial charge in [0.05, 0.1) is 25.9 Å². The molecule has 3 heteroatoms. The third-order valence-electron chi connectivity index (χ3n) is 3.10. The lowest BCUT2D eigenvalue weighted by molar-refractivity contribution is 0.0393. The molecule has 0 aliphatic carbocycles. The first-order chi connectivity index (χ1) is 9.67. The summed E-state index contributed by atoms with van der Waals surface area (Å²) >= 11 is 0. The van der Waals surface area contributed by atoms with Crippen LogP contribution in [0, 0.1) is 13.8 Å². The van der Waals surface area contributed by atoms with Crippen LogP contribution in [0.3, 0.4) is 0 Å². The molecule has 1 aromatic carbocycles. The van der Waals surface area contributed by atoms with Gasteiger partial charge in [0.25, 0.3) is 0 Å². The van der Waals surface area contributed by atoms with E-state index in [0.29, 0.717) is 19.8 Å². The molecule has 0 aliphatic rings. The molecule has 1 aromatic rings. The van der Waals surface area contributed by atoms with Crippen molar-refractivity contribution in [1.82, 2.24) is 5.32 Å². The Balaban J connectivity index is 2.47. The second-order valence-corrected chi connectivity index (χ2v) is 5.22. The molecule has 0 aliphatic heterocycles. The Hall–Kier alpha value is -0.900. The Morgan fingerprint density at radius 3 is 2.20 bits per heavy atom. The van der Waals surface area contributed by atoms with Crippen molar-refractivity contribution in [1.29, 1.82) is 0 Å². The van der Waals surface area contributed by atoms with Crippen molar-refractivity contribution in [3.8, 4) is 0 Å². The van der Waals surface area contributed by atoms with Gasteiger partial charge in [0.2, 0.25) is 0 Å². The van der Waals surface area contributed by atoms with E-state index in [4.69, 9.17) is 9.47 Å². The number of hydrogen-bond donors (Lipinski definition) is 1. The highest BCUT2D eigenvalue weighted by Crippen LogP contribution is 2.17. The van der Waals surface area contributed by atoms with Gasteiger partial charge >= 0.3 is 0 Å². The Labute approximate surface area is 123 Å². The van der Waals surface area contributed by atoms with Gasteiger partial charge in [0.1, 0.15) is 0 Å². The predicted octanol–water partition coefficient (Wildman–Crippen LogP) is 3.40. The molecule has 0 fully saturated rings. The SMILES string of the molecule is CCCOCCOCC(NCC)c1cc(C)cc(C)c1. The molecule has 1 unspecified atom stereocenters. The van der Waals surface area contributed by atoms with E-state index in [1.807, 2.05) is 0 Å². The summed E-state index contributed by atoms with van der Waals surface area (Å²) in [5, 5.41) is 3.49. The number of rotatable bonds is 10. The second-order valence-electron chi connectivity index (χ2n) is 5.22. The third kappa shape index (κ3) is 6.51. The molecule has 1 N–H and O–H groups in total. The molecule has 3 nitrogen and oxygen atoms in total. The average molecular weight is 279 g/mol. The zero-order valence-electron chi connectivity index (χ0n) is 13.4. The first-order valence-electron chi connectivity index (χ1n) is 7.64. The molecule has 0 bridgehead atoms. The highest BCUT2D eigenvalue weighted by molar-refractivity contribution is 5.30. The molecule has 0 heterocycles. The highest BCUT2D eigenvalue weighted by Gasteiger charge is 2.11. The fraction of sp³-hybridized carbons (Fsp3) is 0.647. The summed E-state index contributed by atoms with van der Waals surface area (Å²) in [5.74, 6) is 0. The maximum atomic E-state index is 5.74. The number of ether oxygens (including phenoxy) is 2. The van der Waals surface area contributed by atoms with Crippen molar-refractivity contribution in [3.63, 3.8) is 0 Å². The van der Waals surface area contributed by atoms with Crippen LogP contribution >= 0.6 is 0 Å². The van der Waals surface area contributed by atoms with Crippen LogP contribution in [0.1, 0.15) is 43.0 Å². The number of hydrogen-bond acceptors (Lipinski definition) is 3. The predicted molar refractivity (Wildman–Crippen MR) is 84.3 cm³/mol. The lowest BCUT2D eigenvalue weighted by Crippen LogP contribution is -2.26. The molecule has 1 rings (SSSR count). The largest absolute Gasteiger partial charge is 0.379 e. The first kappa shape index (κ1) is 17.2. The molecule has 0 radical (unpaired) electrons. The van der Waals surface area contributed by atoms with Crippen molar-refractivity contribution in [2.24, 2.45) is 0 Å². The van der Waals surface area contributed by atoms with Gasteiger partial charge in [-0.1, -0.05) is 43.2 Å². The smallest absolute Gasteiger partial charge is 0.0701 e. The fourth-order valence-corrected chi connectivity index (χ4v) is 2.30. The minimum Gasteiger partial charge on any atom is -0.379 e. The molecular weight excluding hydrogens is 250 g/mol. The normalized spacial score (nSPS) is 12.6. The van der Waals surface area contributed by atoms with Crippen LogP contribution in [-0.4, -0.2) is 33.0 Å². The van der Waals surface area contributed by atoms with E-state index in [9.17, 15) is 0 Å². The maximum Gasteiger partial charge on any atom is 0.0701 e. The summed E-state index contributed by atoms with van der Waals surface area (Å²) in [6, 6.07) is 6.92. The zero-order chi connectivity index (χ0) is 14.8. The number of nitrogens with one attached hydrogen (secondary N) is 1. The molecule has 1 atom stereocenters. The molecule has 20 heavy (non-hydrogen) atoms. The quantitative estimate of drug-likeness (QED) is 0.666. The Morgan fingerprint density at radius 2 is 1.60 bits per heavy atom. The van der Waals surface area contributed by atoms with E-state index >= 15 is 0 Å². The molecular formula is C17H29NO2. The number of aryl methyl sites for hydroxylation is 2. The van der Waals surface area contributed by atoms with Gasteiger partial charge in [-0.05, 0) is 32.4 Å². The van der Waals surface area contributed by atoms with E-state index < -0.39 is 0 Å². The van der Waals surface area contributed by atoms with Crippen LogP contribution in [0.4, 0.5) is 0 Å². The summed E-state index contributed by atoms with van der Waals surface area (Å²) in [6.07, 6.45) is 1.06. The van der Waals surface area contributed by atoms with Gasteiger partial charge in [0.15, 0.2) is 0 Å². The molecule has 0 aromatic heterocycles. The Morgan fingerprint density at radius 1 is 0.950 bits per heavy atom. The van der Waals surface area contributed by atoms with Gasteiger partial charge in [-0.15, -0.1) is 0 Å². The van der Waals surface area contributed by atoms with Crippen molar-refractivity contribution >= 4 is 0 Å². The molecule has 0 spiro atoms. The van der Waals surface area contributed by atoms with Crippen molar-refractivity contribution in [2.45, 2.75) is 40.2 Å². The molecule has 0 amide bonds. The second kappa shape index (κ2) is 9.92. The van der Waals surface area contributed by atoms with Crippen LogP contribution in [0.15, 0.2) is 18.2 Å². The minimum atomic E-state index is 0.254. The monoisotopic (exact) mass is 279 g/mol. The Bertz CT molecular complexity index is 359. The summed E-state index contributed by atoms with van der Waals surface area (Å²) in [7, 11) is 0. The van der Waals surface area contributed by atoms with Crippen molar-refractivity contribution < 1.29 is 9.47 Å². The Kier molecular flexibility index (Phi) is 8.51. The van der Waals surface area contributed by atoms with Crippen LogP contribution in [0.25, 0.3) is 0 Å².